The summed E-state index contributed by atoms with van der Waals surface area (Å²) in [5.74, 6) is 2.23. The highest BCUT2D eigenvalue weighted by Gasteiger charge is 2.26. The summed E-state index contributed by atoms with van der Waals surface area (Å²) in [7, 11) is 0. The number of hydrogen-bond acceptors (Lipinski definition) is 0. The van der Waals surface area contributed by atoms with Gasteiger partial charge in [0.25, 0.3) is 0 Å². The second kappa shape index (κ2) is 8.63. The van der Waals surface area contributed by atoms with Crippen molar-refractivity contribution in [2.45, 2.75) is 82.7 Å². The van der Waals surface area contributed by atoms with Gasteiger partial charge in [-0.25, -0.2) is 0 Å². The van der Waals surface area contributed by atoms with Crippen molar-refractivity contribution in [2.24, 2.45) is 11.8 Å². The Balaban J connectivity index is 1.51. The summed E-state index contributed by atoms with van der Waals surface area (Å²) in [6.07, 6.45) is 7.98. The van der Waals surface area contributed by atoms with Crippen LogP contribution in [0.15, 0.2) is 36.4 Å². The monoisotopic (exact) mass is 364 g/mol. The fraction of sp³-hybridized carbons (Fsp3) is 0.652. The van der Waals surface area contributed by atoms with Crippen molar-refractivity contribution in [1.82, 2.24) is 0 Å². The number of benzene rings is 1. The minimum Gasteiger partial charge on any atom is -0.167 e. The molecule has 0 saturated heterocycles. The lowest BCUT2D eigenvalue weighted by molar-refractivity contribution is -0.0803. The predicted molar refractivity (Wildman–Crippen MR) is 101 cm³/mol. The average Bonchev–Trinajstić information content (AvgIpc) is 2.66. The lowest BCUT2D eigenvalue weighted by Crippen LogP contribution is -2.14. The third-order valence-electron chi connectivity index (χ3n) is 6.63. The fourth-order valence-electron chi connectivity index (χ4n) is 4.83. The Morgan fingerprint density at radius 2 is 1.27 bits per heavy atom. The van der Waals surface area contributed by atoms with Crippen molar-refractivity contribution in [2.75, 3.05) is 0 Å². The molecule has 0 radical (unpaired) electrons. The van der Waals surface area contributed by atoms with Crippen LogP contribution in [0.3, 0.4) is 0 Å². The lowest BCUT2D eigenvalue weighted by Gasteiger charge is -2.29. The number of alkyl halides is 3. The van der Waals surface area contributed by atoms with Crippen LogP contribution in [0.2, 0.25) is 0 Å². The van der Waals surface area contributed by atoms with Crippen LogP contribution in [0.5, 0.6) is 0 Å². The van der Waals surface area contributed by atoms with Crippen molar-refractivity contribution >= 4 is 0 Å². The van der Waals surface area contributed by atoms with Crippen LogP contribution in [0.4, 0.5) is 13.2 Å². The van der Waals surface area contributed by atoms with Crippen LogP contribution in [0.1, 0.15) is 87.7 Å². The van der Waals surface area contributed by atoms with Gasteiger partial charge in [-0.3, -0.25) is 0 Å². The Kier molecular flexibility index (Phi) is 6.47. The summed E-state index contributed by atoms with van der Waals surface area (Å²) in [6, 6.07) is 9.17. The van der Waals surface area contributed by atoms with Gasteiger partial charge in [-0.2, -0.15) is 13.2 Å². The molecule has 2 fully saturated rings. The molecule has 1 aromatic carbocycles. The number of rotatable bonds is 4. The van der Waals surface area contributed by atoms with Crippen LogP contribution >= 0.6 is 0 Å². The van der Waals surface area contributed by atoms with Crippen LogP contribution in [-0.2, 0) is 0 Å². The van der Waals surface area contributed by atoms with Gasteiger partial charge in [0.1, 0.15) is 0 Å². The Bertz CT molecular complexity index is 568. The highest BCUT2D eigenvalue weighted by atomic mass is 19.4. The molecule has 0 aromatic heterocycles. The van der Waals surface area contributed by atoms with Gasteiger partial charge < -0.3 is 0 Å². The topological polar surface area (TPSA) is 0 Å². The van der Waals surface area contributed by atoms with Crippen LogP contribution in [0, 0.1) is 11.8 Å². The summed E-state index contributed by atoms with van der Waals surface area (Å²) >= 11 is 0. The first-order valence-electron chi connectivity index (χ1n) is 10.3. The van der Waals surface area contributed by atoms with E-state index in [4.69, 9.17) is 0 Å². The van der Waals surface area contributed by atoms with E-state index in [0.29, 0.717) is 12.0 Å². The number of halogens is 3. The van der Waals surface area contributed by atoms with E-state index >= 15 is 0 Å². The van der Waals surface area contributed by atoms with Gasteiger partial charge in [0.15, 0.2) is 0 Å². The van der Waals surface area contributed by atoms with E-state index < -0.39 is 6.18 Å². The van der Waals surface area contributed by atoms with Gasteiger partial charge in [-0.1, -0.05) is 43.7 Å². The molecule has 0 nitrogen and oxygen atoms in total. The zero-order chi connectivity index (χ0) is 18.6. The quantitative estimate of drug-likeness (QED) is 0.479. The molecule has 2 saturated carbocycles. The van der Waals surface area contributed by atoms with E-state index in [0.717, 1.165) is 37.5 Å². The highest BCUT2D eigenvalue weighted by molar-refractivity contribution is 5.28. The van der Waals surface area contributed by atoms with Gasteiger partial charge in [-0.15, -0.1) is 0 Å². The maximum absolute atomic E-state index is 12.3. The minimum atomic E-state index is -4.18. The summed E-state index contributed by atoms with van der Waals surface area (Å²) in [4.78, 5) is 0. The summed E-state index contributed by atoms with van der Waals surface area (Å²) in [5, 5.41) is 0. The molecule has 3 rings (SSSR count). The zero-order valence-electron chi connectivity index (χ0n) is 15.8. The smallest absolute Gasteiger partial charge is 0.167 e. The van der Waals surface area contributed by atoms with Crippen LogP contribution in [-0.4, -0.2) is 6.18 Å². The van der Waals surface area contributed by atoms with Gasteiger partial charge in [-0.05, 0) is 86.2 Å². The molecule has 0 atom stereocenters. The fourth-order valence-corrected chi connectivity index (χ4v) is 4.83. The van der Waals surface area contributed by atoms with E-state index in [2.05, 4.69) is 31.2 Å². The lowest BCUT2D eigenvalue weighted by atomic mass is 9.76. The molecule has 2 aliphatic carbocycles. The molecule has 0 unspecified atom stereocenters. The minimum absolute atomic E-state index is 0.0842. The molecule has 1 aromatic rings. The van der Waals surface area contributed by atoms with E-state index in [9.17, 15) is 13.2 Å². The Morgan fingerprint density at radius 3 is 1.69 bits per heavy atom. The maximum Gasteiger partial charge on any atom is 0.409 e. The van der Waals surface area contributed by atoms with Crippen molar-refractivity contribution in [1.29, 1.82) is 0 Å². The summed E-state index contributed by atoms with van der Waals surface area (Å²) in [5.41, 5.74) is 2.85. The van der Waals surface area contributed by atoms with Crippen molar-refractivity contribution < 1.29 is 13.2 Å². The molecular formula is C23H31F3. The first kappa shape index (κ1) is 19.5. The van der Waals surface area contributed by atoms with E-state index in [-0.39, 0.29) is 5.92 Å². The Morgan fingerprint density at radius 1 is 0.808 bits per heavy atom. The van der Waals surface area contributed by atoms with Gasteiger partial charge in [0.05, 0.1) is 0 Å². The summed E-state index contributed by atoms with van der Waals surface area (Å²) < 4.78 is 36.9. The van der Waals surface area contributed by atoms with E-state index in [1.165, 1.54) is 49.3 Å². The SMILES string of the molecule is CCC1CCC(c2ccc(C3CCC(/C=C/C(F)(F)F)CC3)cc2)CC1. The van der Waals surface area contributed by atoms with Crippen molar-refractivity contribution in [3.05, 3.63) is 47.5 Å². The summed E-state index contributed by atoms with van der Waals surface area (Å²) in [6.45, 7) is 2.30. The molecule has 0 heterocycles. The molecular weight excluding hydrogens is 333 g/mol. The predicted octanol–water partition coefficient (Wildman–Crippen LogP) is 7.76. The second-order valence-electron chi connectivity index (χ2n) is 8.30. The average molecular weight is 364 g/mol. The zero-order valence-corrected chi connectivity index (χ0v) is 15.8. The molecule has 0 aliphatic heterocycles. The molecule has 0 amide bonds. The normalized spacial score (nSPS) is 30.6. The standard InChI is InChI=1S/C23H31F3/c1-2-17-3-7-19(8-4-17)21-11-13-22(14-12-21)20-9-5-18(6-10-20)15-16-23(24,25)26/h11-20H,2-10H2,1H3/b16-15+. The highest BCUT2D eigenvalue weighted by Crippen LogP contribution is 2.39. The molecule has 0 spiro atoms. The van der Waals surface area contributed by atoms with Crippen LogP contribution < -0.4 is 0 Å². The third kappa shape index (κ3) is 5.37. The first-order chi connectivity index (χ1) is 12.4. The molecule has 2 aliphatic rings. The Hall–Kier alpha value is -1.25. The van der Waals surface area contributed by atoms with Gasteiger partial charge in [0.2, 0.25) is 0 Å². The second-order valence-corrected chi connectivity index (χ2v) is 8.30. The molecule has 3 heteroatoms. The molecule has 144 valence electrons. The third-order valence-corrected chi connectivity index (χ3v) is 6.63. The first-order valence-corrected chi connectivity index (χ1v) is 10.3. The largest absolute Gasteiger partial charge is 0.409 e. The van der Waals surface area contributed by atoms with Gasteiger partial charge >= 0.3 is 6.18 Å². The maximum atomic E-state index is 12.3. The molecule has 26 heavy (non-hydrogen) atoms. The molecule has 0 bridgehead atoms. The van der Waals surface area contributed by atoms with Crippen molar-refractivity contribution in [3.8, 4) is 0 Å². The Labute approximate surface area is 155 Å². The van der Waals surface area contributed by atoms with Crippen LogP contribution in [0.25, 0.3) is 0 Å². The van der Waals surface area contributed by atoms with E-state index in [1.807, 2.05) is 0 Å². The number of allylic oxidation sites excluding steroid dienone is 2. The number of hydrogen-bond donors (Lipinski definition) is 0. The van der Waals surface area contributed by atoms with E-state index in [1.54, 1.807) is 0 Å². The molecule has 0 N–H and O–H groups in total. The van der Waals surface area contributed by atoms with Crippen molar-refractivity contribution in [3.63, 3.8) is 0 Å². The van der Waals surface area contributed by atoms with Gasteiger partial charge in [0, 0.05) is 6.08 Å².